The van der Waals surface area contributed by atoms with Crippen LogP contribution in [0.15, 0.2) is 58.8 Å². The molecular weight excluding hydrogens is 370 g/mol. The Labute approximate surface area is 183 Å². The number of hydrogen-bond acceptors (Lipinski definition) is 4. The number of nitrogens with one attached hydrogen (secondary N) is 1. The molecule has 2 aromatic rings. The number of azo groups is 1. The first-order valence-corrected chi connectivity index (χ1v) is 11.4. The molecule has 4 heteroatoms. The lowest BCUT2D eigenvalue weighted by Gasteiger charge is -2.20. The van der Waals surface area contributed by atoms with Crippen molar-refractivity contribution in [1.82, 2.24) is 5.32 Å². The summed E-state index contributed by atoms with van der Waals surface area (Å²) < 4.78 is 5.82. The zero-order valence-corrected chi connectivity index (χ0v) is 19.3. The van der Waals surface area contributed by atoms with Crippen molar-refractivity contribution >= 4 is 11.4 Å². The van der Waals surface area contributed by atoms with Gasteiger partial charge in [0.1, 0.15) is 5.75 Å². The Morgan fingerprint density at radius 3 is 2.00 bits per heavy atom. The molecule has 1 N–H and O–H groups in total. The van der Waals surface area contributed by atoms with Crippen molar-refractivity contribution in [2.75, 3.05) is 13.2 Å². The molecule has 0 bridgehead atoms. The average Bonchev–Trinajstić information content (AvgIpc) is 2.73. The van der Waals surface area contributed by atoms with Gasteiger partial charge in [-0.3, -0.25) is 0 Å². The van der Waals surface area contributed by atoms with E-state index in [1.54, 1.807) is 0 Å². The minimum Gasteiger partial charge on any atom is -0.494 e. The fourth-order valence-corrected chi connectivity index (χ4v) is 3.09. The molecule has 0 saturated heterocycles. The van der Waals surface area contributed by atoms with Gasteiger partial charge < -0.3 is 10.1 Å². The van der Waals surface area contributed by atoms with E-state index in [4.69, 9.17) is 4.74 Å². The maximum absolute atomic E-state index is 5.82. The van der Waals surface area contributed by atoms with Gasteiger partial charge in [0.25, 0.3) is 0 Å². The van der Waals surface area contributed by atoms with E-state index in [2.05, 4.69) is 55.4 Å². The Kier molecular flexibility index (Phi) is 10.6. The molecule has 0 aliphatic carbocycles. The number of unbranched alkanes of at least 4 members (excludes halogenated alkanes) is 4. The summed E-state index contributed by atoms with van der Waals surface area (Å²) >= 11 is 0. The first-order valence-electron chi connectivity index (χ1n) is 11.4. The van der Waals surface area contributed by atoms with Crippen LogP contribution in [-0.4, -0.2) is 18.7 Å². The van der Waals surface area contributed by atoms with E-state index in [1.165, 1.54) is 31.2 Å². The molecule has 0 saturated carbocycles. The second-order valence-electron chi connectivity index (χ2n) is 8.90. The molecule has 0 aromatic heterocycles. The minimum absolute atomic E-state index is 0.182. The highest BCUT2D eigenvalue weighted by atomic mass is 16.5. The van der Waals surface area contributed by atoms with Gasteiger partial charge in [0, 0.05) is 5.54 Å². The summed E-state index contributed by atoms with van der Waals surface area (Å²) in [4.78, 5) is 0. The fourth-order valence-electron chi connectivity index (χ4n) is 3.09. The molecule has 0 spiro atoms. The van der Waals surface area contributed by atoms with E-state index in [0.29, 0.717) is 0 Å². The Morgan fingerprint density at radius 2 is 1.40 bits per heavy atom. The largest absolute Gasteiger partial charge is 0.494 e. The molecule has 4 nitrogen and oxygen atoms in total. The molecule has 0 aliphatic heterocycles. The smallest absolute Gasteiger partial charge is 0.119 e. The number of nitrogens with zero attached hydrogens (tertiary/aromatic N) is 2. The lowest BCUT2D eigenvalue weighted by molar-refractivity contribution is 0.301. The molecule has 2 rings (SSSR count). The van der Waals surface area contributed by atoms with Crippen LogP contribution < -0.4 is 10.1 Å². The highest BCUT2D eigenvalue weighted by Crippen LogP contribution is 2.22. The highest BCUT2D eigenvalue weighted by Gasteiger charge is 2.07. The predicted molar refractivity (Wildman–Crippen MR) is 127 cm³/mol. The summed E-state index contributed by atoms with van der Waals surface area (Å²) in [5.74, 6) is 0.880. The number of aryl methyl sites for hydroxylation is 1. The lowest BCUT2D eigenvalue weighted by atomic mass is 10.1. The summed E-state index contributed by atoms with van der Waals surface area (Å²) in [5.41, 5.74) is 3.28. The van der Waals surface area contributed by atoms with Crippen LogP contribution in [0.1, 0.15) is 71.8 Å². The fraction of sp³-hybridized carbons (Fsp3) is 0.538. The first-order chi connectivity index (χ1) is 14.5. The van der Waals surface area contributed by atoms with Crippen molar-refractivity contribution in [1.29, 1.82) is 0 Å². The minimum atomic E-state index is 0.182. The van der Waals surface area contributed by atoms with Crippen molar-refractivity contribution in [3.63, 3.8) is 0 Å². The van der Waals surface area contributed by atoms with Gasteiger partial charge in [-0.1, -0.05) is 38.3 Å². The number of ether oxygens (including phenoxy) is 1. The third-order valence-corrected chi connectivity index (χ3v) is 4.87. The summed E-state index contributed by atoms with van der Waals surface area (Å²) in [5, 5.41) is 12.2. The topological polar surface area (TPSA) is 46.0 Å². The Balaban J connectivity index is 1.70. The maximum atomic E-state index is 5.82. The van der Waals surface area contributed by atoms with Crippen molar-refractivity contribution in [3.8, 4) is 5.75 Å². The van der Waals surface area contributed by atoms with Crippen LogP contribution >= 0.6 is 0 Å². The van der Waals surface area contributed by atoms with Crippen LogP contribution in [0.2, 0.25) is 0 Å². The molecule has 0 unspecified atom stereocenters. The standard InChI is InChI=1S/C26H39N3O/c1-5-6-7-8-11-22-12-14-23(15-13-22)28-29-24-16-18-25(19-17-24)30-21-10-9-20-27-26(2,3)4/h12-19,27H,5-11,20-21H2,1-4H3. The van der Waals surface area contributed by atoms with Gasteiger partial charge >= 0.3 is 0 Å². The number of benzene rings is 2. The van der Waals surface area contributed by atoms with Crippen LogP contribution in [0.3, 0.4) is 0 Å². The molecule has 30 heavy (non-hydrogen) atoms. The molecule has 0 fully saturated rings. The van der Waals surface area contributed by atoms with E-state index in [-0.39, 0.29) is 5.54 Å². The molecule has 0 heterocycles. The van der Waals surface area contributed by atoms with E-state index in [0.717, 1.165) is 49.5 Å². The zero-order valence-electron chi connectivity index (χ0n) is 19.3. The number of rotatable bonds is 13. The molecular formula is C26H39N3O. The third-order valence-electron chi connectivity index (χ3n) is 4.87. The zero-order chi connectivity index (χ0) is 21.7. The second-order valence-corrected chi connectivity index (χ2v) is 8.90. The summed E-state index contributed by atoms with van der Waals surface area (Å²) in [6.45, 7) is 10.6. The van der Waals surface area contributed by atoms with E-state index in [9.17, 15) is 0 Å². The quantitative estimate of drug-likeness (QED) is 0.271. The Morgan fingerprint density at radius 1 is 0.767 bits per heavy atom. The molecule has 0 atom stereocenters. The van der Waals surface area contributed by atoms with Gasteiger partial charge in [-0.15, -0.1) is 0 Å². The van der Waals surface area contributed by atoms with Crippen LogP contribution in [0, 0.1) is 0 Å². The van der Waals surface area contributed by atoms with Crippen molar-refractivity contribution in [2.45, 2.75) is 78.2 Å². The van der Waals surface area contributed by atoms with Gasteiger partial charge in [-0.2, -0.15) is 10.2 Å². The average molecular weight is 410 g/mol. The van der Waals surface area contributed by atoms with E-state index < -0.39 is 0 Å². The van der Waals surface area contributed by atoms with Crippen LogP contribution in [0.25, 0.3) is 0 Å². The van der Waals surface area contributed by atoms with Gasteiger partial charge in [-0.25, -0.2) is 0 Å². The normalized spacial score (nSPS) is 11.9. The molecule has 0 radical (unpaired) electrons. The monoisotopic (exact) mass is 409 g/mol. The maximum Gasteiger partial charge on any atom is 0.119 e. The first kappa shape index (κ1) is 24.1. The van der Waals surface area contributed by atoms with Gasteiger partial charge in [0.15, 0.2) is 0 Å². The predicted octanol–water partition coefficient (Wildman–Crippen LogP) is 7.77. The highest BCUT2D eigenvalue weighted by molar-refractivity contribution is 5.43. The van der Waals surface area contributed by atoms with Crippen LogP contribution in [-0.2, 0) is 6.42 Å². The van der Waals surface area contributed by atoms with Crippen molar-refractivity contribution < 1.29 is 4.74 Å². The van der Waals surface area contributed by atoms with Crippen LogP contribution in [0.5, 0.6) is 5.75 Å². The van der Waals surface area contributed by atoms with Gasteiger partial charge in [0.05, 0.1) is 18.0 Å². The lowest BCUT2D eigenvalue weighted by Crippen LogP contribution is -2.36. The van der Waals surface area contributed by atoms with E-state index in [1.807, 2.05) is 36.4 Å². The molecule has 164 valence electrons. The Hall–Kier alpha value is -2.20. The SMILES string of the molecule is CCCCCCc1ccc(N=Nc2ccc(OCCCCNC(C)(C)C)cc2)cc1. The Bertz CT molecular complexity index is 730. The third kappa shape index (κ3) is 10.5. The summed E-state index contributed by atoms with van der Waals surface area (Å²) in [7, 11) is 0. The van der Waals surface area contributed by atoms with Crippen molar-refractivity contribution in [2.24, 2.45) is 10.2 Å². The molecule has 0 amide bonds. The van der Waals surface area contributed by atoms with E-state index >= 15 is 0 Å². The number of hydrogen-bond donors (Lipinski definition) is 1. The van der Waals surface area contributed by atoms with Crippen molar-refractivity contribution in [3.05, 3.63) is 54.1 Å². The molecule has 0 aliphatic rings. The van der Waals surface area contributed by atoms with Crippen LogP contribution in [0.4, 0.5) is 11.4 Å². The molecule has 2 aromatic carbocycles. The summed E-state index contributed by atoms with van der Waals surface area (Å²) in [6.07, 6.45) is 8.47. The van der Waals surface area contributed by atoms with Gasteiger partial charge in [0.2, 0.25) is 0 Å². The summed E-state index contributed by atoms with van der Waals surface area (Å²) in [6, 6.07) is 16.2. The second kappa shape index (κ2) is 13.2. The van der Waals surface area contributed by atoms with Gasteiger partial charge in [-0.05, 0) is 95.0 Å².